The number of aryl methyl sites for hydroxylation is 3. The summed E-state index contributed by atoms with van der Waals surface area (Å²) < 4.78 is 10.7. The van der Waals surface area contributed by atoms with E-state index in [0.29, 0.717) is 11.1 Å². The minimum absolute atomic E-state index is 0.243. The van der Waals surface area contributed by atoms with E-state index in [1.807, 2.05) is 32.9 Å². The second-order valence-corrected chi connectivity index (χ2v) is 6.83. The van der Waals surface area contributed by atoms with E-state index in [1.165, 1.54) is 6.92 Å². The number of esters is 1. The standard InChI is InChI=1S/C22H21NO5/c1-12-5-7-17(14(3)9-12)23-21(25)15(4)27-22(26)20-11-18(24)16-10-13(2)6-8-19(16)28-20/h5-11,15H,1-4H3,(H,23,25)/t15-/m0/s1. The van der Waals surface area contributed by atoms with Crippen LogP contribution >= 0.6 is 0 Å². The number of hydrogen-bond donors (Lipinski definition) is 1. The molecular weight excluding hydrogens is 358 g/mol. The Morgan fingerprint density at radius 1 is 1.00 bits per heavy atom. The monoisotopic (exact) mass is 379 g/mol. The lowest BCUT2D eigenvalue weighted by atomic mass is 10.1. The predicted molar refractivity (Wildman–Crippen MR) is 107 cm³/mol. The second-order valence-electron chi connectivity index (χ2n) is 6.83. The fraction of sp³-hybridized carbons (Fsp3) is 0.227. The SMILES string of the molecule is Cc1ccc(NC(=O)[C@H](C)OC(=O)c2cc(=O)c3cc(C)ccc3o2)c(C)c1. The quantitative estimate of drug-likeness (QED) is 0.695. The van der Waals surface area contributed by atoms with E-state index in [0.717, 1.165) is 22.8 Å². The third-order valence-corrected chi connectivity index (χ3v) is 4.38. The van der Waals surface area contributed by atoms with Crippen LogP contribution < -0.4 is 10.7 Å². The molecule has 1 atom stereocenters. The van der Waals surface area contributed by atoms with Crippen molar-refractivity contribution in [1.29, 1.82) is 0 Å². The van der Waals surface area contributed by atoms with E-state index in [2.05, 4.69) is 5.32 Å². The van der Waals surface area contributed by atoms with E-state index in [9.17, 15) is 14.4 Å². The Morgan fingerprint density at radius 2 is 1.68 bits per heavy atom. The number of amides is 1. The molecule has 1 heterocycles. The van der Waals surface area contributed by atoms with Gasteiger partial charge in [0, 0.05) is 11.8 Å². The van der Waals surface area contributed by atoms with Gasteiger partial charge >= 0.3 is 5.97 Å². The third kappa shape index (κ3) is 4.11. The molecule has 0 fully saturated rings. The fourth-order valence-corrected chi connectivity index (χ4v) is 2.83. The van der Waals surface area contributed by atoms with Gasteiger partial charge in [-0.05, 0) is 51.5 Å². The fourth-order valence-electron chi connectivity index (χ4n) is 2.83. The van der Waals surface area contributed by atoms with Gasteiger partial charge in [0.05, 0.1) is 5.39 Å². The predicted octanol–water partition coefficient (Wildman–Crippen LogP) is 3.90. The average Bonchev–Trinajstić information content (AvgIpc) is 2.64. The van der Waals surface area contributed by atoms with Gasteiger partial charge in [-0.1, -0.05) is 29.3 Å². The van der Waals surface area contributed by atoms with Crippen molar-refractivity contribution in [3.63, 3.8) is 0 Å². The molecule has 1 amide bonds. The van der Waals surface area contributed by atoms with Crippen molar-refractivity contribution in [3.8, 4) is 0 Å². The van der Waals surface area contributed by atoms with Gasteiger partial charge in [-0.3, -0.25) is 9.59 Å². The van der Waals surface area contributed by atoms with Gasteiger partial charge in [-0.25, -0.2) is 4.79 Å². The number of benzene rings is 2. The molecule has 0 radical (unpaired) electrons. The first kappa shape index (κ1) is 19.4. The molecule has 0 unspecified atom stereocenters. The molecule has 0 aliphatic heterocycles. The molecule has 0 saturated carbocycles. The van der Waals surface area contributed by atoms with E-state index in [4.69, 9.17) is 9.15 Å². The lowest BCUT2D eigenvalue weighted by Gasteiger charge is -2.14. The van der Waals surface area contributed by atoms with Crippen molar-refractivity contribution in [2.75, 3.05) is 5.32 Å². The molecule has 28 heavy (non-hydrogen) atoms. The van der Waals surface area contributed by atoms with Gasteiger partial charge in [-0.15, -0.1) is 0 Å². The van der Waals surface area contributed by atoms with Crippen molar-refractivity contribution >= 4 is 28.5 Å². The molecule has 3 aromatic rings. The van der Waals surface area contributed by atoms with E-state index in [-0.39, 0.29) is 16.8 Å². The third-order valence-electron chi connectivity index (χ3n) is 4.38. The van der Waals surface area contributed by atoms with Crippen LogP contribution in [0.15, 0.2) is 51.7 Å². The molecule has 6 nitrogen and oxygen atoms in total. The van der Waals surface area contributed by atoms with Gasteiger partial charge < -0.3 is 14.5 Å². The number of nitrogens with one attached hydrogen (secondary N) is 1. The summed E-state index contributed by atoms with van der Waals surface area (Å²) in [5, 5.41) is 3.12. The van der Waals surface area contributed by atoms with E-state index in [1.54, 1.807) is 24.3 Å². The largest absolute Gasteiger partial charge is 0.449 e. The minimum atomic E-state index is -1.06. The lowest BCUT2D eigenvalue weighted by Crippen LogP contribution is -2.30. The summed E-state index contributed by atoms with van der Waals surface area (Å²) >= 11 is 0. The maximum absolute atomic E-state index is 12.4. The maximum Gasteiger partial charge on any atom is 0.375 e. The van der Waals surface area contributed by atoms with E-state index >= 15 is 0 Å². The first-order chi connectivity index (χ1) is 13.2. The van der Waals surface area contributed by atoms with Crippen LogP contribution in [-0.4, -0.2) is 18.0 Å². The van der Waals surface area contributed by atoms with Crippen molar-refractivity contribution in [1.82, 2.24) is 0 Å². The molecule has 1 N–H and O–H groups in total. The van der Waals surface area contributed by atoms with Crippen molar-refractivity contribution in [3.05, 3.63) is 75.1 Å². The highest BCUT2D eigenvalue weighted by Gasteiger charge is 2.22. The Morgan fingerprint density at radius 3 is 2.39 bits per heavy atom. The van der Waals surface area contributed by atoms with Gasteiger partial charge in [0.15, 0.2) is 11.5 Å². The molecular formula is C22H21NO5. The van der Waals surface area contributed by atoms with Crippen molar-refractivity contribution < 1.29 is 18.7 Å². The summed E-state index contributed by atoms with van der Waals surface area (Å²) in [5.41, 5.74) is 3.49. The molecule has 6 heteroatoms. The minimum Gasteiger partial charge on any atom is -0.449 e. The zero-order valence-electron chi connectivity index (χ0n) is 16.2. The van der Waals surface area contributed by atoms with Crippen molar-refractivity contribution in [2.45, 2.75) is 33.8 Å². The zero-order chi connectivity index (χ0) is 20.4. The summed E-state index contributed by atoms with van der Waals surface area (Å²) in [5.74, 6) is -1.59. The molecule has 0 aliphatic carbocycles. The Balaban J connectivity index is 1.74. The molecule has 3 rings (SSSR count). The number of carbonyl (C=O) groups excluding carboxylic acids is 2. The topological polar surface area (TPSA) is 85.6 Å². The Labute approximate surface area is 162 Å². The van der Waals surface area contributed by atoms with Crippen LogP contribution in [0.5, 0.6) is 0 Å². The summed E-state index contributed by atoms with van der Waals surface area (Å²) in [6.45, 7) is 7.16. The first-order valence-electron chi connectivity index (χ1n) is 8.88. The Hall–Kier alpha value is -3.41. The lowest BCUT2D eigenvalue weighted by molar-refractivity contribution is -0.123. The normalized spacial score (nSPS) is 11.9. The summed E-state index contributed by atoms with van der Waals surface area (Å²) in [7, 11) is 0. The molecule has 1 aromatic heterocycles. The zero-order valence-corrected chi connectivity index (χ0v) is 16.2. The van der Waals surface area contributed by atoms with Crippen LogP contribution in [0, 0.1) is 20.8 Å². The van der Waals surface area contributed by atoms with Gasteiger partial charge in [-0.2, -0.15) is 0 Å². The first-order valence-corrected chi connectivity index (χ1v) is 8.88. The van der Waals surface area contributed by atoms with E-state index < -0.39 is 18.0 Å². The summed E-state index contributed by atoms with van der Waals surface area (Å²) in [6, 6.07) is 11.8. The van der Waals surface area contributed by atoms with Crippen LogP contribution in [0.4, 0.5) is 5.69 Å². The highest BCUT2D eigenvalue weighted by Crippen LogP contribution is 2.18. The highest BCUT2D eigenvalue weighted by molar-refractivity contribution is 5.97. The Bertz CT molecular complexity index is 1130. The van der Waals surface area contributed by atoms with Crippen molar-refractivity contribution in [2.24, 2.45) is 0 Å². The molecule has 0 saturated heterocycles. The molecule has 0 spiro atoms. The molecule has 2 aromatic carbocycles. The highest BCUT2D eigenvalue weighted by atomic mass is 16.6. The van der Waals surface area contributed by atoms with Gasteiger partial charge in [0.2, 0.25) is 5.76 Å². The number of rotatable bonds is 4. The number of ether oxygens (including phenoxy) is 1. The molecule has 0 aliphatic rings. The van der Waals surface area contributed by atoms with Crippen LogP contribution in [0.1, 0.15) is 34.2 Å². The Kier molecular flexibility index (Phi) is 5.31. The van der Waals surface area contributed by atoms with Gasteiger partial charge in [0.1, 0.15) is 5.58 Å². The smallest absolute Gasteiger partial charge is 0.375 e. The second kappa shape index (κ2) is 7.68. The molecule has 0 bridgehead atoms. The van der Waals surface area contributed by atoms with Crippen LogP contribution in [0.25, 0.3) is 11.0 Å². The summed E-state index contributed by atoms with van der Waals surface area (Å²) in [4.78, 5) is 36.9. The maximum atomic E-state index is 12.4. The van der Waals surface area contributed by atoms with Crippen LogP contribution in [-0.2, 0) is 9.53 Å². The van der Waals surface area contributed by atoms with Gasteiger partial charge in [0.25, 0.3) is 5.91 Å². The molecule has 144 valence electrons. The number of anilines is 1. The number of carbonyl (C=O) groups is 2. The van der Waals surface area contributed by atoms with Crippen LogP contribution in [0.3, 0.4) is 0 Å². The average molecular weight is 379 g/mol. The number of fused-ring (bicyclic) bond motifs is 1. The number of hydrogen-bond acceptors (Lipinski definition) is 5. The van der Waals surface area contributed by atoms with Crippen LogP contribution in [0.2, 0.25) is 0 Å². The summed E-state index contributed by atoms with van der Waals surface area (Å²) in [6.07, 6.45) is -1.06.